The van der Waals surface area contributed by atoms with Crippen LogP contribution >= 0.6 is 0 Å². The third-order valence-corrected chi connectivity index (χ3v) is 4.58. The quantitative estimate of drug-likeness (QED) is 0.599. The molecule has 1 heterocycles. The second-order valence-corrected chi connectivity index (χ2v) is 5.07. The molecule has 4 heteroatoms. The second kappa shape index (κ2) is 2.54. The van der Waals surface area contributed by atoms with Crippen molar-refractivity contribution >= 4 is 11.9 Å². The maximum atomic E-state index is 11.8. The van der Waals surface area contributed by atoms with Gasteiger partial charge in [-0.25, -0.2) is 0 Å². The average Bonchev–Trinajstić information content (AvgIpc) is 2.75. The van der Waals surface area contributed by atoms with E-state index in [1.54, 1.807) is 0 Å². The predicted octanol–water partition coefficient (Wildman–Crippen LogP) is 0.747. The van der Waals surface area contributed by atoms with Crippen LogP contribution in [0, 0.1) is 23.2 Å². The van der Waals surface area contributed by atoms with E-state index in [2.05, 4.69) is 0 Å². The molecule has 0 spiro atoms. The Hall–Kier alpha value is -1.06. The Morgan fingerprint density at radius 3 is 2.93 bits per heavy atom. The lowest BCUT2D eigenvalue weighted by atomic mass is 9.68. The summed E-state index contributed by atoms with van der Waals surface area (Å²) in [5, 5.41) is 0. The Labute approximate surface area is 87.9 Å². The molecule has 0 aromatic heterocycles. The molecule has 15 heavy (non-hydrogen) atoms. The lowest BCUT2D eigenvalue weighted by molar-refractivity contribution is -0.159. The van der Waals surface area contributed by atoms with Crippen LogP contribution in [0.5, 0.6) is 0 Å². The first kappa shape index (κ1) is 9.19. The van der Waals surface area contributed by atoms with Crippen molar-refractivity contribution in [2.24, 2.45) is 23.2 Å². The number of fused-ring (bicyclic) bond motifs is 1. The van der Waals surface area contributed by atoms with Crippen LogP contribution in [-0.4, -0.2) is 25.2 Å². The van der Waals surface area contributed by atoms with Gasteiger partial charge in [0, 0.05) is 5.92 Å². The molecule has 0 amide bonds. The highest BCUT2D eigenvalue weighted by atomic mass is 16.6. The summed E-state index contributed by atoms with van der Waals surface area (Å²) in [6.45, 7) is 1.86. The first-order chi connectivity index (χ1) is 7.09. The second-order valence-electron chi connectivity index (χ2n) is 5.07. The van der Waals surface area contributed by atoms with Crippen LogP contribution in [0.2, 0.25) is 0 Å². The van der Waals surface area contributed by atoms with Gasteiger partial charge in [0.15, 0.2) is 0 Å². The van der Waals surface area contributed by atoms with E-state index in [4.69, 9.17) is 9.47 Å². The molecule has 2 saturated carbocycles. The first-order valence-corrected chi connectivity index (χ1v) is 5.38. The summed E-state index contributed by atoms with van der Waals surface area (Å²) in [6, 6.07) is 0. The van der Waals surface area contributed by atoms with Crippen LogP contribution < -0.4 is 0 Å². The summed E-state index contributed by atoms with van der Waals surface area (Å²) in [5.41, 5.74) is -0.610. The molecule has 0 radical (unpaired) electrons. The van der Waals surface area contributed by atoms with Gasteiger partial charge in [-0.3, -0.25) is 9.59 Å². The molecule has 3 aliphatic rings. The zero-order valence-electron chi connectivity index (χ0n) is 8.86. The molecule has 82 valence electrons. The van der Waals surface area contributed by atoms with E-state index >= 15 is 0 Å². The van der Waals surface area contributed by atoms with Crippen molar-refractivity contribution in [3.8, 4) is 0 Å². The Kier molecular flexibility index (Phi) is 1.56. The normalized spacial score (nSPS) is 50.7. The van der Waals surface area contributed by atoms with E-state index in [-0.39, 0.29) is 35.8 Å². The van der Waals surface area contributed by atoms with Crippen LogP contribution in [0.25, 0.3) is 0 Å². The molecule has 0 unspecified atom stereocenters. The molecule has 2 bridgehead atoms. The Bertz CT molecular complexity index is 350. The number of ether oxygens (including phenoxy) is 2. The monoisotopic (exact) mass is 210 g/mol. The van der Waals surface area contributed by atoms with Gasteiger partial charge in [0.05, 0.1) is 18.4 Å². The molecule has 5 atom stereocenters. The van der Waals surface area contributed by atoms with Crippen molar-refractivity contribution in [1.82, 2.24) is 0 Å². The van der Waals surface area contributed by atoms with Crippen molar-refractivity contribution in [2.45, 2.75) is 25.9 Å². The van der Waals surface area contributed by atoms with Crippen LogP contribution in [0.1, 0.15) is 19.8 Å². The van der Waals surface area contributed by atoms with E-state index < -0.39 is 5.41 Å². The lowest BCUT2D eigenvalue weighted by Crippen LogP contribution is -2.42. The van der Waals surface area contributed by atoms with Crippen molar-refractivity contribution in [3.05, 3.63) is 0 Å². The van der Waals surface area contributed by atoms with Crippen LogP contribution in [-0.2, 0) is 19.1 Å². The highest BCUT2D eigenvalue weighted by molar-refractivity contribution is 5.89. The van der Waals surface area contributed by atoms with Gasteiger partial charge in [-0.2, -0.15) is 0 Å². The molecule has 1 aliphatic heterocycles. The smallest absolute Gasteiger partial charge is 0.313 e. The van der Waals surface area contributed by atoms with E-state index in [9.17, 15) is 9.59 Å². The summed E-state index contributed by atoms with van der Waals surface area (Å²) in [6.07, 6.45) is 1.84. The van der Waals surface area contributed by atoms with Crippen molar-refractivity contribution in [1.29, 1.82) is 0 Å². The van der Waals surface area contributed by atoms with Gasteiger partial charge in [0.1, 0.15) is 6.10 Å². The highest BCUT2D eigenvalue weighted by Crippen LogP contribution is 2.64. The zero-order chi connectivity index (χ0) is 10.8. The third kappa shape index (κ3) is 0.840. The summed E-state index contributed by atoms with van der Waals surface area (Å²) in [5.74, 6) is -0.211. The average molecular weight is 210 g/mol. The fraction of sp³-hybridized carbons (Fsp3) is 0.818. The van der Waals surface area contributed by atoms with Gasteiger partial charge in [0.25, 0.3) is 0 Å². The van der Waals surface area contributed by atoms with Gasteiger partial charge in [-0.15, -0.1) is 0 Å². The van der Waals surface area contributed by atoms with E-state index in [1.165, 1.54) is 7.11 Å². The van der Waals surface area contributed by atoms with Crippen molar-refractivity contribution in [2.75, 3.05) is 7.11 Å². The number of esters is 2. The minimum Gasteiger partial charge on any atom is -0.469 e. The summed E-state index contributed by atoms with van der Waals surface area (Å²) < 4.78 is 10.1. The zero-order valence-corrected chi connectivity index (χ0v) is 8.86. The van der Waals surface area contributed by atoms with Crippen LogP contribution in [0.15, 0.2) is 0 Å². The molecule has 0 aromatic rings. The number of hydrogen-bond donors (Lipinski definition) is 0. The molecule has 4 nitrogen and oxygen atoms in total. The molecular weight excluding hydrogens is 196 g/mol. The number of carbonyl (C=O) groups excluding carboxylic acids is 2. The summed E-state index contributed by atoms with van der Waals surface area (Å²) >= 11 is 0. The van der Waals surface area contributed by atoms with Crippen LogP contribution in [0.3, 0.4) is 0 Å². The number of rotatable bonds is 1. The van der Waals surface area contributed by atoms with Crippen LogP contribution in [0.4, 0.5) is 0 Å². The largest absolute Gasteiger partial charge is 0.469 e. The fourth-order valence-electron chi connectivity index (χ4n) is 3.90. The van der Waals surface area contributed by atoms with Crippen molar-refractivity contribution in [3.63, 3.8) is 0 Å². The maximum absolute atomic E-state index is 11.8. The fourth-order valence-corrected chi connectivity index (χ4v) is 3.90. The Balaban J connectivity index is 2.04. The molecule has 0 aromatic carbocycles. The molecule has 3 rings (SSSR count). The van der Waals surface area contributed by atoms with Gasteiger partial charge < -0.3 is 9.47 Å². The number of hydrogen-bond acceptors (Lipinski definition) is 4. The third-order valence-electron chi connectivity index (χ3n) is 4.58. The molecule has 2 aliphatic carbocycles. The molecular formula is C11H14O4. The number of methoxy groups -OCH3 is 1. The maximum Gasteiger partial charge on any atom is 0.313 e. The standard InChI is InChI=1S/C11H14O4/c1-11-6-3-5(8(11)9(12)14-2)4-7(6)15-10(11)13/h5-8H,3-4H2,1-2H3/t5-,6-,7+,8-,11+/m1/s1. The topological polar surface area (TPSA) is 52.6 Å². The van der Waals surface area contributed by atoms with Gasteiger partial charge in [0.2, 0.25) is 0 Å². The van der Waals surface area contributed by atoms with E-state index in [0.29, 0.717) is 0 Å². The van der Waals surface area contributed by atoms with Gasteiger partial charge in [-0.05, 0) is 25.7 Å². The SMILES string of the molecule is COC(=O)[C@H]1[C@H]2C[C@@H]3OC(=O)[C@@]1(C)[C@@H]3C2. The first-order valence-electron chi connectivity index (χ1n) is 5.38. The minimum atomic E-state index is -0.610. The van der Waals surface area contributed by atoms with Crippen molar-refractivity contribution < 1.29 is 19.1 Å². The predicted molar refractivity (Wildman–Crippen MR) is 49.7 cm³/mol. The Morgan fingerprint density at radius 2 is 2.27 bits per heavy atom. The molecule has 3 fully saturated rings. The lowest BCUT2D eigenvalue weighted by Gasteiger charge is -2.30. The van der Waals surface area contributed by atoms with Gasteiger partial charge >= 0.3 is 11.9 Å². The summed E-state index contributed by atoms with van der Waals surface area (Å²) in [4.78, 5) is 23.5. The highest BCUT2D eigenvalue weighted by Gasteiger charge is 2.71. The summed E-state index contributed by atoms with van der Waals surface area (Å²) in [7, 11) is 1.38. The Morgan fingerprint density at radius 1 is 1.53 bits per heavy atom. The van der Waals surface area contributed by atoms with E-state index in [1.807, 2.05) is 6.92 Å². The van der Waals surface area contributed by atoms with E-state index in [0.717, 1.165) is 12.8 Å². The number of carbonyl (C=O) groups is 2. The molecule has 0 N–H and O–H groups in total. The van der Waals surface area contributed by atoms with Gasteiger partial charge in [-0.1, -0.05) is 0 Å². The minimum absolute atomic E-state index is 0.0633. The molecule has 1 saturated heterocycles.